The minimum Gasteiger partial charge on any atom is -0.453 e. The number of oxazole rings is 1. The van der Waals surface area contributed by atoms with Crippen LogP contribution in [0.5, 0.6) is 0 Å². The largest absolute Gasteiger partial charge is 0.453 e. The van der Waals surface area contributed by atoms with Gasteiger partial charge in [-0.15, -0.1) is 0 Å². The molecule has 0 aliphatic carbocycles. The number of piperidine rings is 1. The van der Waals surface area contributed by atoms with Crippen LogP contribution < -0.4 is 5.32 Å². The Bertz CT molecular complexity index is 1150. The summed E-state index contributed by atoms with van der Waals surface area (Å²) in [5, 5.41) is 2.46. The first-order valence-electron chi connectivity index (χ1n) is 10.6. The van der Waals surface area contributed by atoms with Crippen LogP contribution in [-0.2, 0) is 10.9 Å². The van der Waals surface area contributed by atoms with Crippen LogP contribution in [0.25, 0.3) is 11.5 Å². The lowest BCUT2D eigenvalue weighted by atomic mass is 9.89. The summed E-state index contributed by atoms with van der Waals surface area (Å²) in [7, 11) is 1.35. The van der Waals surface area contributed by atoms with Crippen LogP contribution in [0.3, 0.4) is 0 Å². The number of nitrogens with one attached hydrogen (secondary N) is 1. The minimum atomic E-state index is -4.88. The lowest BCUT2D eigenvalue weighted by Gasteiger charge is -2.31. The third-order valence-electron chi connectivity index (χ3n) is 5.69. The molecule has 1 aliphatic rings. The Labute approximate surface area is 193 Å². The van der Waals surface area contributed by atoms with Crippen molar-refractivity contribution in [2.45, 2.75) is 24.9 Å². The molecule has 178 valence electrons. The predicted molar refractivity (Wildman–Crippen MR) is 117 cm³/mol. The molecule has 0 bridgehead atoms. The Kier molecular flexibility index (Phi) is 6.58. The predicted octanol–water partition coefficient (Wildman–Crippen LogP) is 5.56. The molecule has 0 unspecified atom stereocenters. The van der Waals surface area contributed by atoms with E-state index in [2.05, 4.69) is 10.3 Å². The molecule has 2 aromatic carbocycles. The van der Waals surface area contributed by atoms with Gasteiger partial charge in [-0.3, -0.25) is 4.79 Å². The van der Waals surface area contributed by atoms with Crippen LogP contribution in [0, 0.1) is 0 Å². The van der Waals surface area contributed by atoms with Gasteiger partial charge in [-0.1, -0.05) is 30.3 Å². The van der Waals surface area contributed by atoms with Crippen LogP contribution in [-0.4, -0.2) is 42.1 Å². The Morgan fingerprint density at radius 1 is 1.06 bits per heavy atom. The molecule has 7 nitrogen and oxygen atoms in total. The Hall–Kier alpha value is -3.82. The summed E-state index contributed by atoms with van der Waals surface area (Å²) in [5.74, 6) is -2.52. The number of ether oxygens (including phenoxy) is 1. The van der Waals surface area contributed by atoms with Gasteiger partial charge in [0.05, 0.1) is 7.11 Å². The number of hydrogen-bond acceptors (Lipinski definition) is 5. The summed E-state index contributed by atoms with van der Waals surface area (Å²) in [5.41, 5.74) is 0.852. The highest BCUT2D eigenvalue weighted by atomic mass is 19.4. The lowest BCUT2D eigenvalue weighted by molar-refractivity contribution is -0.153. The van der Waals surface area contributed by atoms with Crippen molar-refractivity contribution in [2.75, 3.05) is 25.5 Å². The fourth-order valence-corrected chi connectivity index (χ4v) is 3.92. The second-order valence-electron chi connectivity index (χ2n) is 7.87. The van der Waals surface area contributed by atoms with Crippen molar-refractivity contribution < 1.29 is 31.9 Å². The average Bonchev–Trinajstić information content (AvgIpc) is 3.31. The average molecular weight is 473 g/mol. The number of halogens is 3. The number of rotatable bonds is 4. The molecular weight excluding hydrogens is 451 g/mol. The van der Waals surface area contributed by atoms with E-state index in [1.807, 2.05) is 12.1 Å². The molecule has 0 spiro atoms. The molecule has 0 radical (unpaired) electrons. The molecule has 1 saturated heterocycles. The number of aromatic nitrogens is 1. The highest BCUT2D eigenvalue weighted by Crippen LogP contribution is 2.36. The second kappa shape index (κ2) is 9.58. The van der Waals surface area contributed by atoms with E-state index in [9.17, 15) is 22.8 Å². The zero-order valence-electron chi connectivity index (χ0n) is 18.3. The van der Waals surface area contributed by atoms with Crippen molar-refractivity contribution in [2.24, 2.45) is 0 Å². The quantitative estimate of drug-likeness (QED) is 0.537. The number of benzene rings is 2. The molecule has 1 aromatic heterocycles. The number of methoxy groups -OCH3 is 1. The van der Waals surface area contributed by atoms with Crippen LogP contribution in [0.15, 0.2) is 59.0 Å². The molecule has 0 atom stereocenters. The van der Waals surface area contributed by atoms with Gasteiger partial charge in [0.1, 0.15) is 0 Å². The lowest BCUT2D eigenvalue weighted by Crippen LogP contribution is -2.37. The maximum Gasteiger partial charge on any atom is 0.452 e. The molecule has 3 aromatic rings. The van der Waals surface area contributed by atoms with Crippen molar-refractivity contribution in [1.29, 1.82) is 0 Å². The zero-order valence-corrected chi connectivity index (χ0v) is 18.3. The molecule has 34 heavy (non-hydrogen) atoms. The van der Waals surface area contributed by atoms with Gasteiger partial charge in [0.15, 0.2) is 5.69 Å². The number of amides is 2. The monoisotopic (exact) mass is 473 g/mol. The van der Waals surface area contributed by atoms with E-state index in [0.717, 1.165) is 18.4 Å². The van der Waals surface area contributed by atoms with Gasteiger partial charge in [0.2, 0.25) is 11.7 Å². The fraction of sp³-hybridized carbons (Fsp3) is 0.292. The number of hydrogen-bond donors (Lipinski definition) is 1. The Morgan fingerprint density at radius 2 is 1.71 bits per heavy atom. The van der Waals surface area contributed by atoms with Gasteiger partial charge in [-0.2, -0.15) is 13.2 Å². The van der Waals surface area contributed by atoms with E-state index in [0.29, 0.717) is 24.3 Å². The van der Waals surface area contributed by atoms with Crippen molar-refractivity contribution in [3.63, 3.8) is 0 Å². The first-order valence-corrected chi connectivity index (χ1v) is 10.6. The molecule has 0 saturated carbocycles. The van der Waals surface area contributed by atoms with Crippen molar-refractivity contribution in [1.82, 2.24) is 9.88 Å². The summed E-state index contributed by atoms with van der Waals surface area (Å²) in [4.78, 5) is 29.7. The zero-order chi connectivity index (χ0) is 24.3. The van der Waals surface area contributed by atoms with Crippen molar-refractivity contribution in [3.05, 3.63) is 71.6 Å². The molecule has 10 heteroatoms. The Morgan fingerprint density at radius 3 is 2.29 bits per heavy atom. The molecule has 2 amide bonds. The first kappa shape index (κ1) is 23.3. The summed E-state index contributed by atoms with van der Waals surface area (Å²) >= 11 is 0. The maximum absolute atomic E-state index is 13.5. The maximum atomic E-state index is 13.5. The van der Waals surface area contributed by atoms with E-state index >= 15 is 0 Å². The van der Waals surface area contributed by atoms with Gasteiger partial charge in [0, 0.05) is 24.3 Å². The van der Waals surface area contributed by atoms with Gasteiger partial charge >= 0.3 is 12.3 Å². The van der Waals surface area contributed by atoms with Crippen LogP contribution in [0.2, 0.25) is 0 Å². The van der Waals surface area contributed by atoms with Gasteiger partial charge in [-0.05, 0) is 48.6 Å². The topological polar surface area (TPSA) is 84.7 Å². The smallest absolute Gasteiger partial charge is 0.452 e. The van der Waals surface area contributed by atoms with E-state index in [4.69, 9.17) is 9.15 Å². The van der Waals surface area contributed by atoms with Crippen LogP contribution in [0.1, 0.15) is 40.6 Å². The molecule has 1 N–H and O–H groups in total. The summed E-state index contributed by atoms with van der Waals surface area (Å²) < 4.78 is 50.1. The summed E-state index contributed by atoms with van der Waals surface area (Å²) in [6.45, 7) is 1.15. The molecule has 2 heterocycles. The highest BCUT2D eigenvalue weighted by molar-refractivity contribution is 6.04. The van der Waals surface area contributed by atoms with Crippen molar-refractivity contribution >= 4 is 17.7 Å². The van der Waals surface area contributed by atoms with E-state index in [-0.39, 0.29) is 17.9 Å². The number of carbonyl (C=O) groups excluding carboxylic acids is 2. The normalized spacial score (nSPS) is 14.6. The van der Waals surface area contributed by atoms with Crippen LogP contribution in [0.4, 0.5) is 23.7 Å². The van der Waals surface area contributed by atoms with Gasteiger partial charge < -0.3 is 19.4 Å². The number of alkyl halides is 3. The minimum absolute atomic E-state index is 0.228. The van der Waals surface area contributed by atoms with Gasteiger partial charge in [-0.25, -0.2) is 9.78 Å². The fourth-order valence-electron chi connectivity index (χ4n) is 3.92. The van der Waals surface area contributed by atoms with E-state index < -0.39 is 23.5 Å². The van der Waals surface area contributed by atoms with Gasteiger partial charge in [0.25, 0.3) is 5.91 Å². The highest BCUT2D eigenvalue weighted by Gasteiger charge is 2.42. The SMILES string of the molecule is COC(=O)N1CCC(c2ccc(NC(=O)c3nc(-c4ccccc4)oc3C(F)(F)F)cc2)CC1. The molecule has 1 fully saturated rings. The first-order chi connectivity index (χ1) is 16.3. The number of anilines is 1. The van der Waals surface area contributed by atoms with E-state index in [1.165, 1.54) is 7.11 Å². The molecular formula is C24H22F3N3O4. The van der Waals surface area contributed by atoms with Crippen molar-refractivity contribution in [3.8, 4) is 11.5 Å². The number of carbonyl (C=O) groups is 2. The van der Waals surface area contributed by atoms with E-state index in [1.54, 1.807) is 47.4 Å². The van der Waals surface area contributed by atoms with Crippen LogP contribution >= 0.6 is 0 Å². The number of likely N-dealkylation sites (tertiary alicyclic amines) is 1. The second-order valence-corrected chi connectivity index (χ2v) is 7.87. The number of nitrogens with zero attached hydrogens (tertiary/aromatic N) is 2. The Balaban J connectivity index is 1.47. The summed E-state index contributed by atoms with van der Waals surface area (Å²) in [6, 6.07) is 15.0. The third kappa shape index (κ3) is 5.05. The molecule has 1 aliphatic heterocycles. The standard InChI is InChI=1S/C24H22F3N3O4/c1-33-23(32)30-13-11-16(12-14-30)15-7-9-18(10-8-15)28-21(31)19-20(24(25,26)27)34-22(29-19)17-5-3-2-4-6-17/h2-10,16H,11-14H2,1H3,(H,28,31). The summed E-state index contributed by atoms with van der Waals surface area (Å²) in [6.07, 6.45) is -3.71. The molecule has 4 rings (SSSR count). The third-order valence-corrected chi connectivity index (χ3v) is 5.69.